The summed E-state index contributed by atoms with van der Waals surface area (Å²) in [6.45, 7) is 5.69. The van der Waals surface area contributed by atoms with E-state index in [0.29, 0.717) is 30.9 Å². The van der Waals surface area contributed by atoms with Crippen molar-refractivity contribution in [2.75, 3.05) is 19.0 Å². The summed E-state index contributed by atoms with van der Waals surface area (Å²) >= 11 is 1.53. The normalized spacial score (nSPS) is 10.8. The Bertz CT molecular complexity index is 922. The number of nitrogens with zero attached hydrogens (tertiary/aromatic N) is 2. The lowest BCUT2D eigenvalue weighted by atomic mass is 10.2. The van der Waals surface area contributed by atoms with Gasteiger partial charge in [0.2, 0.25) is 0 Å². The second kappa shape index (κ2) is 8.76. The monoisotopic (exact) mass is 370 g/mol. The molecule has 0 aliphatic heterocycles. The summed E-state index contributed by atoms with van der Waals surface area (Å²) in [5.74, 6) is 2.34. The lowest BCUT2D eigenvalue weighted by molar-refractivity contribution is 0.332. The molecule has 0 aliphatic carbocycles. The van der Waals surface area contributed by atoms with E-state index in [1.54, 1.807) is 4.57 Å². The molecule has 5 nitrogen and oxygen atoms in total. The second-order valence-corrected chi connectivity index (χ2v) is 6.62. The van der Waals surface area contributed by atoms with Crippen molar-refractivity contribution in [1.29, 1.82) is 0 Å². The fourth-order valence-corrected chi connectivity index (χ4v) is 3.51. The molecule has 3 rings (SSSR count). The van der Waals surface area contributed by atoms with E-state index in [1.807, 2.05) is 62.4 Å². The van der Waals surface area contributed by atoms with Gasteiger partial charge in [-0.25, -0.2) is 4.98 Å². The fourth-order valence-electron chi connectivity index (χ4n) is 2.63. The number of para-hydroxylation sites is 1. The van der Waals surface area contributed by atoms with Gasteiger partial charge in [-0.3, -0.25) is 9.36 Å². The maximum absolute atomic E-state index is 12.6. The number of fused-ring (bicyclic) bond motifs is 1. The van der Waals surface area contributed by atoms with E-state index in [0.717, 1.165) is 22.2 Å². The van der Waals surface area contributed by atoms with Gasteiger partial charge in [0.15, 0.2) is 5.16 Å². The molecule has 0 fully saturated rings. The number of aromatic nitrogens is 2. The average Bonchev–Trinajstić information content (AvgIpc) is 2.67. The topological polar surface area (TPSA) is 53.4 Å². The van der Waals surface area contributed by atoms with E-state index in [9.17, 15) is 4.79 Å². The van der Waals surface area contributed by atoms with Crippen LogP contribution in [0.25, 0.3) is 10.9 Å². The van der Waals surface area contributed by atoms with Gasteiger partial charge in [0.25, 0.3) is 5.56 Å². The van der Waals surface area contributed by atoms with Crippen molar-refractivity contribution in [3.63, 3.8) is 0 Å². The predicted molar refractivity (Wildman–Crippen MR) is 106 cm³/mol. The van der Waals surface area contributed by atoms with E-state index < -0.39 is 0 Å². The summed E-state index contributed by atoms with van der Waals surface area (Å²) in [5, 5.41) is 1.39. The first-order valence-corrected chi connectivity index (χ1v) is 9.69. The first-order chi connectivity index (χ1) is 12.7. The van der Waals surface area contributed by atoms with Crippen molar-refractivity contribution in [2.24, 2.45) is 0 Å². The maximum atomic E-state index is 12.6. The number of ether oxygens (including phenoxy) is 2. The Labute approximate surface area is 157 Å². The van der Waals surface area contributed by atoms with Crippen molar-refractivity contribution >= 4 is 22.7 Å². The minimum atomic E-state index is 0.00744. The molecule has 0 N–H and O–H groups in total. The van der Waals surface area contributed by atoms with Gasteiger partial charge >= 0.3 is 0 Å². The van der Waals surface area contributed by atoms with Crippen LogP contribution >= 0.6 is 11.8 Å². The molecule has 2 aromatic carbocycles. The summed E-state index contributed by atoms with van der Waals surface area (Å²) in [7, 11) is 0. The Morgan fingerprint density at radius 3 is 2.38 bits per heavy atom. The van der Waals surface area contributed by atoms with Crippen LogP contribution in [0.3, 0.4) is 0 Å². The highest BCUT2D eigenvalue weighted by Gasteiger charge is 2.10. The van der Waals surface area contributed by atoms with Gasteiger partial charge in [-0.2, -0.15) is 0 Å². The van der Waals surface area contributed by atoms with Crippen LogP contribution in [-0.2, 0) is 6.54 Å². The summed E-state index contributed by atoms with van der Waals surface area (Å²) in [5.41, 5.74) is 0.741. The van der Waals surface area contributed by atoms with Crippen molar-refractivity contribution in [3.05, 3.63) is 58.9 Å². The van der Waals surface area contributed by atoms with Gasteiger partial charge in [-0.05, 0) is 50.2 Å². The minimum Gasteiger partial charge on any atom is -0.494 e. The zero-order chi connectivity index (χ0) is 18.4. The molecule has 1 heterocycles. The van der Waals surface area contributed by atoms with E-state index >= 15 is 0 Å². The molecule has 0 aliphatic rings. The first kappa shape index (κ1) is 18.3. The third kappa shape index (κ3) is 4.19. The third-order valence-electron chi connectivity index (χ3n) is 3.86. The number of thioether (sulfide) groups is 1. The Morgan fingerprint density at radius 1 is 1.00 bits per heavy atom. The van der Waals surface area contributed by atoms with Crippen molar-refractivity contribution < 1.29 is 9.47 Å². The lowest BCUT2D eigenvalue weighted by Crippen LogP contribution is -2.22. The van der Waals surface area contributed by atoms with E-state index in [1.165, 1.54) is 11.8 Å². The highest BCUT2D eigenvalue weighted by molar-refractivity contribution is 7.99. The molecule has 136 valence electrons. The molecule has 0 radical (unpaired) electrons. The van der Waals surface area contributed by atoms with Gasteiger partial charge < -0.3 is 9.47 Å². The number of rotatable bonds is 8. The van der Waals surface area contributed by atoms with Crippen LogP contribution in [0.15, 0.2) is 58.5 Å². The Hall–Kier alpha value is -2.47. The van der Waals surface area contributed by atoms with E-state index in [-0.39, 0.29) is 5.56 Å². The molecule has 0 saturated heterocycles. The Kier molecular flexibility index (Phi) is 6.17. The van der Waals surface area contributed by atoms with E-state index in [4.69, 9.17) is 9.47 Å². The lowest BCUT2D eigenvalue weighted by Gasteiger charge is -2.11. The van der Waals surface area contributed by atoms with Gasteiger partial charge in [-0.15, -0.1) is 0 Å². The molecule has 0 bridgehead atoms. The van der Waals surface area contributed by atoms with Crippen molar-refractivity contribution in [3.8, 4) is 11.5 Å². The van der Waals surface area contributed by atoms with Crippen LogP contribution in [0.5, 0.6) is 11.5 Å². The second-order valence-electron chi connectivity index (χ2n) is 5.56. The van der Waals surface area contributed by atoms with Gasteiger partial charge in [0.1, 0.15) is 11.5 Å². The Balaban J connectivity index is 1.63. The molecular weight excluding hydrogens is 348 g/mol. The molecule has 3 aromatic rings. The van der Waals surface area contributed by atoms with Crippen LogP contribution in [0.4, 0.5) is 0 Å². The third-order valence-corrected chi connectivity index (χ3v) is 4.80. The molecule has 0 spiro atoms. The smallest absolute Gasteiger partial charge is 0.262 e. The highest BCUT2D eigenvalue weighted by atomic mass is 32.2. The van der Waals surface area contributed by atoms with Gasteiger partial charge in [-0.1, -0.05) is 23.9 Å². The molecule has 6 heteroatoms. The van der Waals surface area contributed by atoms with Gasteiger partial charge in [0, 0.05) is 12.3 Å². The number of hydrogen-bond donors (Lipinski definition) is 0. The van der Waals surface area contributed by atoms with Crippen molar-refractivity contribution in [1.82, 2.24) is 9.55 Å². The molecule has 26 heavy (non-hydrogen) atoms. The summed E-state index contributed by atoms with van der Waals surface area (Å²) in [6, 6.07) is 15.0. The zero-order valence-corrected chi connectivity index (χ0v) is 15.8. The average molecular weight is 370 g/mol. The highest BCUT2D eigenvalue weighted by Crippen LogP contribution is 2.20. The molecule has 0 saturated carbocycles. The first-order valence-electron chi connectivity index (χ1n) is 8.71. The predicted octanol–water partition coefficient (Wildman–Crippen LogP) is 3.99. The number of benzene rings is 2. The number of hydrogen-bond acceptors (Lipinski definition) is 5. The van der Waals surface area contributed by atoms with E-state index in [2.05, 4.69) is 4.98 Å². The Morgan fingerprint density at radius 2 is 1.69 bits per heavy atom. The van der Waals surface area contributed by atoms with Crippen LogP contribution in [0.2, 0.25) is 0 Å². The minimum absolute atomic E-state index is 0.00744. The summed E-state index contributed by atoms with van der Waals surface area (Å²) in [4.78, 5) is 17.2. The van der Waals surface area contributed by atoms with Gasteiger partial charge in [0.05, 0.1) is 24.1 Å². The van der Waals surface area contributed by atoms with Crippen LogP contribution in [-0.4, -0.2) is 28.5 Å². The SMILES string of the molecule is CCOc1ccc(OCCSc2nc3ccccc3c(=O)n2CC)cc1. The van der Waals surface area contributed by atoms with Crippen molar-refractivity contribution in [2.45, 2.75) is 25.5 Å². The zero-order valence-electron chi connectivity index (χ0n) is 15.0. The molecule has 1 aromatic heterocycles. The summed E-state index contributed by atoms with van der Waals surface area (Å²) < 4.78 is 12.9. The van der Waals surface area contributed by atoms with Crippen LogP contribution in [0.1, 0.15) is 13.8 Å². The fraction of sp³-hybridized carbons (Fsp3) is 0.300. The van der Waals surface area contributed by atoms with Crippen LogP contribution < -0.4 is 15.0 Å². The standard InChI is InChI=1S/C20H22N2O3S/c1-3-22-19(23)17-7-5-6-8-18(17)21-20(22)26-14-13-25-16-11-9-15(10-12-16)24-4-2/h5-12H,3-4,13-14H2,1-2H3. The summed E-state index contributed by atoms with van der Waals surface area (Å²) in [6.07, 6.45) is 0. The maximum Gasteiger partial charge on any atom is 0.262 e. The molecule has 0 unspecified atom stereocenters. The molecule has 0 atom stereocenters. The molecule has 0 amide bonds. The largest absolute Gasteiger partial charge is 0.494 e. The quantitative estimate of drug-likeness (QED) is 0.341. The molecular formula is C20H22N2O3S. The van der Waals surface area contributed by atoms with Crippen LogP contribution in [0, 0.1) is 0 Å².